The van der Waals surface area contributed by atoms with E-state index in [-0.39, 0.29) is 24.9 Å². The Balaban J connectivity index is 1.82. The molecule has 0 heterocycles. The second kappa shape index (κ2) is 9.12. The number of aryl methyl sites for hydroxylation is 1. The molecular formula is C18H19Br2N3O2. The summed E-state index contributed by atoms with van der Waals surface area (Å²) in [4.78, 5) is 25.8. The number of amides is 2. The van der Waals surface area contributed by atoms with E-state index >= 15 is 0 Å². The van der Waals surface area contributed by atoms with Crippen LogP contribution < -0.4 is 10.6 Å². The molecule has 0 aliphatic rings. The Bertz CT molecular complexity index is 763. The van der Waals surface area contributed by atoms with E-state index < -0.39 is 0 Å². The van der Waals surface area contributed by atoms with Gasteiger partial charge in [0.15, 0.2) is 0 Å². The first-order valence-electron chi connectivity index (χ1n) is 7.63. The molecule has 0 fully saturated rings. The van der Waals surface area contributed by atoms with Crippen LogP contribution in [0.5, 0.6) is 0 Å². The summed E-state index contributed by atoms with van der Waals surface area (Å²) in [6, 6.07) is 13.0. The van der Waals surface area contributed by atoms with Gasteiger partial charge in [0.1, 0.15) is 0 Å². The number of nitrogens with zero attached hydrogens (tertiary/aromatic N) is 1. The Kier molecular flexibility index (Phi) is 7.16. The standard InChI is InChI=1S/C18H19Br2N3O2/c1-12-9-14(20)5-8-16(12)22-18(25)11-23(2)10-17(24)21-15-6-3-13(19)4-7-15/h3-9H,10-11H2,1-2H3,(H,21,24)(H,22,25). The molecule has 2 rings (SSSR count). The smallest absolute Gasteiger partial charge is 0.238 e. The molecule has 25 heavy (non-hydrogen) atoms. The van der Waals surface area contributed by atoms with E-state index in [0.717, 1.165) is 25.9 Å². The molecule has 7 heteroatoms. The Morgan fingerprint density at radius 2 is 1.48 bits per heavy atom. The summed E-state index contributed by atoms with van der Waals surface area (Å²) in [5.74, 6) is -0.332. The van der Waals surface area contributed by atoms with Crippen LogP contribution in [0.3, 0.4) is 0 Å². The number of carbonyl (C=O) groups excluding carboxylic acids is 2. The highest BCUT2D eigenvalue weighted by Gasteiger charge is 2.12. The zero-order valence-electron chi connectivity index (χ0n) is 14.0. The summed E-state index contributed by atoms with van der Waals surface area (Å²) in [5, 5.41) is 5.66. The summed E-state index contributed by atoms with van der Waals surface area (Å²) < 4.78 is 1.91. The normalized spacial score (nSPS) is 10.6. The van der Waals surface area contributed by atoms with E-state index in [9.17, 15) is 9.59 Å². The fourth-order valence-electron chi connectivity index (χ4n) is 2.24. The van der Waals surface area contributed by atoms with Gasteiger partial charge in [-0.05, 0) is 62.0 Å². The van der Waals surface area contributed by atoms with Crippen LogP contribution in [-0.2, 0) is 9.59 Å². The van der Waals surface area contributed by atoms with Crippen molar-refractivity contribution in [2.24, 2.45) is 0 Å². The Labute approximate surface area is 164 Å². The number of anilines is 2. The van der Waals surface area contributed by atoms with Gasteiger partial charge >= 0.3 is 0 Å². The number of rotatable bonds is 6. The first kappa shape index (κ1) is 19.6. The molecule has 2 aromatic rings. The molecule has 2 aromatic carbocycles. The lowest BCUT2D eigenvalue weighted by Gasteiger charge is -2.16. The molecular weight excluding hydrogens is 450 g/mol. The third-order valence-corrected chi connectivity index (χ3v) is 4.44. The van der Waals surface area contributed by atoms with E-state index in [1.165, 1.54) is 0 Å². The molecule has 0 spiro atoms. The molecule has 0 bridgehead atoms. The minimum absolute atomic E-state index is 0.128. The van der Waals surface area contributed by atoms with Gasteiger partial charge in [-0.15, -0.1) is 0 Å². The summed E-state index contributed by atoms with van der Waals surface area (Å²) in [5.41, 5.74) is 2.45. The van der Waals surface area contributed by atoms with Crippen LogP contribution in [-0.4, -0.2) is 36.9 Å². The van der Waals surface area contributed by atoms with Gasteiger partial charge in [-0.2, -0.15) is 0 Å². The lowest BCUT2D eigenvalue weighted by atomic mass is 10.2. The molecule has 5 nitrogen and oxygen atoms in total. The minimum Gasteiger partial charge on any atom is -0.325 e. The monoisotopic (exact) mass is 467 g/mol. The van der Waals surface area contributed by atoms with Crippen molar-refractivity contribution in [3.05, 3.63) is 57.0 Å². The quantitative estimate of drug-likeness (QED) is 0.672. The maximum absolute atomic E-state index is 12.1. The zero-order chi connectivity index (χ0) is 18.4. The number of hydrogen-bond donors (Lipinski definition) is 2. The zero-order valence-corrected chi connectivity index (χ0v) is 17.1. The highest BCUT2D eigenvalue weighted by molar-refractivity contribution is 9.10. The molecule has 132 valence electrons. The van der Waals surface area contributed by atoms with Crippen molar-refractivity contribution in [3.8, 4) is 0 Å². The highest BCUT2D eigenvalue weighted by Crippen LogP contribution is 2.20. The van der Waals surface area contributed by atoms with Gasteiger partial charge in [-0.1, -0.05) is 31.9 Å². The highest BCUT2D eigenvalue weighted by atomic mass is 79.9. The first-order valence-corrected chi connectivity index (χ1v) is 9.22. The number of halogens is 2. The maximum atomic E-state index is 12.1. The van der Waals surface area contributed by atoms with E-state index in [2.05, 4.69) is 42.5 Å². The van der Waals surface area contributed by atoms with Gasteiger partial charge in [0, 0.05) is 20.3 Å². The number of likely N-dealkylation sites (N-methyl/N-ethyl adjacent to an activating group) is 1. The Hall–Kier alpha value is -1.70. The number of benzene rings is 2. The van der Waals surface area contributed by atoms with Crippen molar-refractivity contribution in [2.45, 2.75) is 6.92 Å². The number of nitrogens with one attached hydrogen (secondary N) is 2. The van der Waals surface area contributed by atoms with Gasteiger partial charge in [0.05, 0.1) is 13.1 Å². The lowest BCUT2D eigenvalue weighted by molar-refractivity contribution is -0.119. The lowest BCUT2D eigenvalue weighted by Crippen LogP contribution is -2.36. The minimum atomic E-state index is -0.169. The summed E-state index contributed by atoms with van der Waals surface area (Å²) in [6.07, 6.45) is 0. The molecule has 0 saturated heterocycles. The van der Waals surface area contributed by atoms with Crippen LogP contribution in [0.2, 0.25) is 0 Å². The van der Waals surface area contributed by atoms with E-state index in [1.54, 1.807) is 11.9 Å². The third-order valence-electron chi connectivity index (χ3n) is 3.42. The van der Waals surface area contributed by atoms with Crippen molar-refractivity contribution in [3.63, 3.8) is 0 Å². The van der Waals surface area contributed by atoms with Gasteiger partial charge in [0.2, 0.25) is 11.8 Å². The fraction of sp³-hybridized carbons (Fsp3) is 0.222. The predicted molar refractivity (Wildman–Crippen MR) is 108 cm³/mol. The largest absolute Gasteiger partial charge is 0.325 e. The van der Waals surface area contributed by atoms with Crippen molar-refractivity contribution in [1.82, 2.24) is 4.90 Å². The van der Waals surface area contributed by atoms with Crippen molar-refractivity contribution < 1.29 is 9.59 Å². The fourth-order valence-corrected chi connectivity index (χ4v) is 2.98. The van der Waals surface area contributed by atoms with Crippen LogP contribution in [0, 0.1) is 6.92 Å². The second-order valence-electron chi connectivity index (χ2n) is 5.73. The summed E-state index contributed by atoms with van der Waals surface area (Å²) in [6.45, 7) is 2.18. The third kappa shape index (κ3) is 6.61. The van der Waals surface area contributed by atoms with Crippen LogP contribution in [0.15, 0.2) is 51.4 Å². The molecule has 2 N–H and O–H groups in total. The molecule has 0 aliphatic carbocycles. The Morgan fingerprint density at radius 1 is 0.920 bits per heavy atom. The van der Waals surface area contributed by atoms with Gasteiger partial charge in [-0.25, -0.2) is 0 Å². The molecule has 0 saturated carbocycles. The number of carbonyl (C=O) groups is 2. The summed E-state index contributed by atoms with van der Waals surface area (Å²) >= 11 is 6.74. The average molecular weight is 469 g/mol. The van der Waals surface area contributed by atoms with E-state index in [4.69, 9.17) is 0 Å². The van der Waals surface area contributed by atoms with Crippen molar-refractivity contribution >= 4 is 55.0 Å². The van der Waals surface area contributed by atoms with E-state index in [1.807, 2.05) is 49.4 Å². The van der Waals surface area contributed by atoms with Crippen molar-refractivity contribution in [2.75, 3.05) is 30.8 Å². The maximum Gasteiger partial charge on any atom is 0.238 e. The Morgan fingerprint density at radius 3 is 2.08 bits per heavy atom. The van der Waals surface area contributed by atoms with Crippen molar-refractivity contribution in [1.29, 1.82) is 0 Å². The van der Waals surface area contributed by atoms with Crippen LogP contribution in [0.1, 0.15) is 5.56 Å². The molecule has 0 radical (unpaired) electrons. The molecule has 0 aliphatic heterocycles. The van der Waals surface area contributed by atoms with Gasteiger partial charge < -0.3 is 10.6 Å². The molecule has 0 atom stereocenters. The van der Waals surface area contributed by atoms with E-state index in [0.29, 0.717) is 0 Å². The first-order chi connectivity index (χ1) is 11.8. The van der Waals surface area contributed by atoms with Gasteiger partial charge in [-0.3, -0.25) is 14.5 Å². The molecule has 2 amide bonds. The second-order valence-corrected chi connectivity index (χ2v) is 7.57. The predicted octanol–water partition coefficient (Wildman–Crippen LogP) is 4.03. The van der Waals surface area contributed by atoms with Gasteiger partial charge in [0.25, 0.3) is 0 Å². The average Bonchev–Trinajstić information content (AvgIpc) is 2.52. The molecule has 0 unspecified atom stereocenters. The topological polar surface area (TPSA) is 61.4 Å². The number of hydrogen-bond acceptors (Lipinski definition) is 3. The van der Waals surface area contributed by atoms with Crippen LogP contribution in [0.4, 0.5) is 11.4 Å². The molecule has 0 aromatic heterocycles. The van der Waals surface area contributed by atoms with Crippen LogP contribution >= 0.6 is 31.9 Å². The van der Waals surface area contributed by atoms with Crippen LogP contribution in [0.25, 0.3) is 0 Å². The summed E-state index contributed by atoms with van der Waals surface area (Å²) in [7, 11) is 1.73. The SMILES string of the molecule is Cc1cc(Br)ccc1NC(=O)CN(C)CC(=O)Nc1ccc(Br)cc1.